The fourth-order valence-corrected chi connectivity index (χ4v) is 3.89. The van der Waals surface area contributed by atoms with Crippen molar-refractivity contribution in [1.82, 2.24) is 14.1 Å². The van der Waals surface area contributed by atoms with Crippen LogP contribution in [0.25, 0.3) is 0 Å². The Balaban J connectivity index is 2.35. The van der Waals surface area contributed by atoms with Crippen molar-refractivity contribution in [2.75, 3.05) is 46.6 Å². The molecule has 1 saturated heterocycles. The minimum absolute atomic E-state index is 0.170. The number of rotatable bonds is 5. The molecule has 0 N–H and O–H groups in total. The highest BCUT2D eigenvalue weighted by molar-refractivity contribution is 7.89. The molecule has 0 spiro atoms. The highest BCUT2D eigenvalue weighted by Gasteiger charge is 2.37. The SMILES string of the molecule is COc1ccccc1[C@H]1CN(C(=O)OC(C)(C)C)CCN1C(=O)CS(=O)(=O)N(C)C. The van der Waals surface area contributed by atoms with Crippen molar-refractivity contribution in [2.24, 2.45) is 0 Å². The van der Waals surface area contributed by atoms with Gasteiger partial charge in [0.05, 0.1) is 13.2 Å². The lowest BCUT2D eigenvalue weighted by Gasteiger charge is -2.42. The minimum atomic E-state index is -3.72. The topological polar surface area (TPSA) is 96.5 Å². The quantitative estimate of drug-likeness (QED) is 0.690. The van der Waals surface area contributed by atoms with E-state index in [9.17, 15) is 18.0 Å². The smallest absolute Gasteiger partial charge is 0.410 e. The maximum absolute atomic E-state index is 13.0. The number of benzene rings is 1. The summed E-state index contributed by atoms with van der Waals surface area (Å²) in [7, 11) is 0.587. The van der Waals surface area contributed by atoms with Gasteiger partial charge in [-0.3, -0.25) is 4.79 Å². The van der Waals surface area contributed by atoms with E-state index >= 15 is 0 Å². The van der Waals surface area contributed by atoms with Gasteiger partial charge in [0, 0.05) is 39.3 Å². The van der Waals surface area contributed by atoms with Crippen molar-refractivity contribution < 1.29 is 27.5 Å². The number of sulfonamides is 1. The Morgan fingerprint density at radius 3 is 2.37 bits per heavy atom. The molecule has 9 nitrogen and oxygen atoms in total. The Bertz CT molecular complexity index is 879. The Morgan fingerprint density at radius 1 is 1.17 bits per heavy atom. The molecule has 0 aliphatic carbocycles. The zero-order valence-corrected chi connectivity index (χ0v) is 19.2. The van der Waals surface area contributed by atoms with Gasteiger partial charge in [0.25, 0.3) is 0 Å². The van der Waals surface area contributed by atoms with Crippen LogP contribution in [0.1, 0.15) is 32.4 Å². The molecule has 0 aromatic heterocycles. The van der Waals surface area contributed by atoms with Gasteiger partial charge in [-0.05, 0) is 26.8 Å². The third-order valence-electron chi connectivity index (χ3n) is 4.71. The van der Waals surface area contributed by atoms with E-state index in [0.717, 1.165) is 4.31 Å². The average molecular weight is 442 g/mol. The van der Waals surface area contributed by atoms with Gasteiger partial charge in [-0.2, -0.15) is 0 Å². The molecule has 0 saturated carbocycles. The second kappa shape index (κ2) is 9.22. The number of amides is 2. The number of hydrogen-bond acceptors (Lipinski definition) is 6. The molecule has 0 bridgehead atoms. The molecule has 1 aromatic carbocycles. The summed E-state index contributed by atoms with van der Waals surface area (Å²) in [4.78, 5) is 28.6. The molecule has 1 aliphatic rings. The lowest BCUT2D eigenvalue weighted by molar-refractivity contribution is -0.133. The van der Waals surface area contributed by atoms with Gasteiger partial charge < -0.3 is 19.3 Å². The van der Waals surface area contributed by atoms with Crippen molar-refractivity contribution in [3.05, 3.63) is 29.8 Å². The monoisotopic (exact) mass is 441 g/mol. The molecule has 1 aromatic rings. The largest absolute Gasteiger partial charge is 0.496 e. The number of nitrogens with zero attached hydrogens (tertiary/aromatic N) is 3. The lowest BCUT2D eigenvalue weighted by atomic mass is 10.0. The second-order valence-corrected chi connectivity index (χ2v) is 10.5. The van der Waals surface area contributed by atoms with Crippen molar-refractivity contribution in [3.8, 4) is 5.75 Å². The van der Waals surface area contributed by atoms with Crippen LogP contribution in [0.5, 0.6) is 5.75 Å². The normalized spacial score (nSPS) is 17.8. The molecular formula is C20H31N3O6S. The summed E-state index contributed by atoms with van der Waals surface area (Å²) >= 11 is 0. The molecule has 1 fully saturated rings. The van der Waals surface area contributed by atoms with Crippen LogP contribution in [0.2, 0.25) is 0 Å². The van der Waals surface area contributed by atoms with E-state index < -0.39 is 39.4 Å². The average Bonchev–Trinajstić information content (AvgIpc) is 2.65. The third-order valence-corrected chi connectivity index (χ3v) is 6.44. The summed E-state index contributed by atoms with van der Waals surface area (Å²) in [6, 6.07) is 6.62. The Morgan fingerprint density at radius 2 is 1.80 bits per heavy atom. The van der Waals surface area contributed by atoms with E-state index in [1.807, 2.05) is 12.1 Å². The Labute approximate surface area is 178 Å². The molecular weight excluding hydrogens is 410 g/mol. The van der Waals surface area contributed by atoms with Crippen LogP contribution < -0.4 is 4.74 Å². The summed E-state index contributed by atoms with van der Waals surface area (Å²) < 4.78 is 36.4. The molecule has 30 heavy (non-hydrogen) atoms. The highest BCUT2D eigenvalue weighted by Crippen LogP contribution is 2.33. The molecule has 2 amide bonds. The zero-order chi connectivity index (χ0) is 22.7. The van der Waals surface area contributed by atoms with Gasteiger partial charge in [-0.15, -0.1) is 0 Å². The molecule has 0 unspecified atom stereocenters. The van der Waals surface area contributed by atoms with E-state index in [-0.39, 0.29) is 19.6 Å². The van der Waals surface area contributed by atoms with Gasteiger partial charge in [0.15, 0.2) is 0 Å². The molecule has 168 valence electrons. The zero-order valence-electron chi connectivity index (χ0n) is 18.4. The number of methoxy groups -OCH3 is 1. The maximum Gasteiger partial charge on any atom is 0.410 e. The summed E-state index contributed by atoms with van der Waals surface area (Å²) in [6.45, 7) is 5.96. The summed E-state index contributed by atoms with van der Waals surface area (Å²) in [6.07, 6.45) is -0.476. The number of carbonyl (C=O) groups is 2. The van der Waals surface area contributed by atoms with Gasteiger partial charge in [0.1, 0.15) is 17.1 Å². The van der Waals surface area contributed by atoms with Gasteiger partial charge in [0.2, 0.25) is 15.9 Å². The fourth-order valence-electron chi connectivity index (χ4n) is 3.15. The summed E-state index contributed by atoms with van der Waals surface area (Å²) in [5.74, 6) is -0.608. The summed E-state index contributed by atoms with van der Waals surface area (Å²) in [5, 5.41) is 0. The molecule has 2 rings (SSSR count). The standard InChI is InChI=1S/C20H31N3O6S/c1-20(2,3)29-19(25)22-11-12-23(18(24)14-30(26,27)21(4)5)16(13-22)15-9-7-8-10-17(15)28-6/h7-10,16H,11-14H2,1-6H3/t16-/m1/s1. The van der Waals surface area contributed by atoms with Crippen molar-refractivity contribution in [1.29, 1.82) is 0 Å². The molecule has 1 aliphatic heterocycles. The van der Waals surface area contributed by atoms with Crippen molar-refractivity contribution in [3.63, 3.8) is 0 Å². The van der Waals surface area contributed by atoms with Crippen LogP contribution in [0.4, 0.5) is 4.79 Å². The highest BCUT2D eigenvalue weighted by atomic mass is 32.2. The third kappa shape index (κ3) is 5.85. The van der Waals surface area contributed by atoms with Gasteiger partial charge >= 0.3 is 6.09 Å². The minimum Gasteiger partial charge on any atom is -0.496 e. The first-order valence-electron chi connectivity index (χ1n) is 9.66. The van der Waals surface area contributed by atoms with E-state index in [2.05, 4.69) is 0 Å². The molecule has 1 atom stereocenters. The van der Waals surface area contributed by atoms with E-state index in [4.69, 9.17) is 9.47 Å². The van der Waals surface area contributed by atoms with Crippen LogP contribution in [-0.4, -0.2) is 86.7 Å². The van der Waals surface area contributed by atoms with Crippen LogP contribution in [0.3, 0.4) is 0 Å². The Kier molecular flexibility index (Phi) is 7.36. The first-order valence-corrected chi connectivity index (χ1v) is 11.3. The number of piperazine rings is 1. The molecule has 10 heteroatoms. The number of carbonyl (C=O) groups excluding carboxylic acids is 2. The van der Waals surface area contributed by atoms with Crippen molar-refractivity contribution in [2.45, 2.75) is 32.4 Å². The summed E-state index contributed by atoms with van der Waals surface area (Å²) in [5.41, 5.74) is 0.0490. The van der Waals surface area contributed by atoms with Crippen LogP contribution in [0, 0.1) is 0 Å². The predicted octanol–water partition coefficient (Wildman–Crippen LogP) is 1.71. The maximum atomic E-state index is 13.0. The lowest BCUT2D eigenvalue weighted by Crippen LogP contribution is -2.54. The fraction of sp³-hybridized carbons (Fsp3) is 0.600. The van der Waals surface area contributed by atoms with E-state index in [1.54, 1.807) is 32.9 Å². The Hall–Kier alpha value is -2.33. The van der Waals surface area contributed by atoms with E-state index in [1.165, 1.54) is 31.0 Å². The number of hydrogen-bond donors (Lipinski definition) is 0. The molecule has 1 heterocycles. The van der Waals surface area contributed by atoms with E-state index in [0.29, 0.717) is 11.3 Å². The van der Waals surface area contributed by atoms with Crippen LogP contribution in [0.15, 0.2) is 24.3 Å². The van der Waals surface area contributed by atoms with Crippen LogP contribution >= 0.6 is 0 Å². The second-order valence-electron chi connectivity index (χ2n) is 8.31. The number of ether oxygens (including phenoxy) is 2. The van der Waals surface area contributed by atoms with Crippen LogP contribution in [-0.2, 0) is 19.6 Å². The van der Waals surface area contributed by atoms with Gasteiger partial charge in [-0.25, -0.2) is 17.5 Å². The first-order chi connectivity index (χ1) is 13.9. The number of para-hydroxylation sites is 1. The van der Waals surface area contributed by atoms with Gasteiger partial charge in [-0.1, -0.05) is 18.2 Å². The predicted molar refractivity (Wildman–Crippen MR) is 113 cm³/mol. The first kappa shape index (κ1) is 23.9. The molecule has 0 radical (unpaired) electrons. The van der Waals surface area contributed by atoms with Crippen molar-refractivity contribution >= 4 is 22.0 Å².